The molecule has 1 atom stereocenters. The number of ether oxygens (including phenoxy) is 1. The summed E-state index contributed by atoms with van der Waals surface area (Å²) >= 11 is 0. The first-order chi connectivity index (χ1) is 9.30. The van der Waals surface area contributed by atoms with Gasteiger partial charge in [0.2, 0.25) is 0 Å². The van der Waals surface area contributed by atoms with Gasteiger partial charge in [0.1, 0.15) is 5.75 Å². The summed E-state index contributed by atoms with van der Waals surface area (Å²) in [6.07, 6.45) is 0.975. The second kappa shape index (κ2) is 5.42. The van der Waals surface area contributed by atoms with Crippen LogP contribution in [0.15, 0.2) is 24.3 Å². The molecular weight excluding hydrogens is 251 g/mol. The molecule has 0 aliphatic carbocycles. The predicted molar refractivity (Wildman–Crippen MR) is 82.1 cm³/mol. The Hall–Kier alpha value is -0.995. The average molecular weight is 276 g/mol. The van der Waals surface area contributed by atoms with Gasteiger partial charge in [0.25, 0.3) is 0 Å². The summed E-state index contributed by atoms with van der Waals surface area (Å²) in [4.78, 5) is 0. The van der Waals surface area contributed by atoms with Gasteiger partial charge in [0.15, 0.2) is 0 Å². The molecular formula is C16H25BO3. The van der Waals surface area contributed by atoms with E-state index in [0.717, 1.165) is 12.2 Å². The first-order valence-corrected chi connectivity index (χ1v) is 7.30. The van der Waals surface area contributed by atoms with Crippen molar-refractivity contribution in [2.45, 2.75) is 58.1 Å². The second-order valence-electron chi connectivity index (χ2n) is 6.41. The predicted octanol–water partition coefficient (Wildman–Crippen LogP) is 3.82. The summed E-state index contributed by atoms with van der Waals surface area (Å²) in [7, 11) is 1.49. The van der Waals surface area contributed by atoms with Gasteiger partial charge >= 0.3 is 7.12 Å². The van der Waals surface area contributed by atoms with Crippen LogP contribution in [-0.4, -0.2) is 25.4 Å². The zero-order valence-electron chi connectivity index (χ0n) is 13.4. The van der Waals surface area contributed by atoms with E-state index in [-0.39, 0.29) is 24.1 Å². The Labute approximate surface area is 122 Å². The molecule has 1 aliphatic heterocycles. The quantitative estimate of drug-likeness (QED) is 0.782. The van der Waals surface area contributed by atoms with E-state index in [9.17, 15) is 0 Å². The average Bonchev–Trinajstić information content (AvgIpc) is 2.60. The van der Waals surface area contributed by atoms with Crippen LogP contribution in [0, 0.1) is 0 Å². The molecule has 0 radical (unpaired) electrons. The molecule has 2 rings (SSSR count). The molecule has 1 saturated heterocycles. The van der Waals surface area contributed by atoms with Crippen molar-refractivity contribution in [3.05, 3.63) is 29.8 Å². The molecule has 1 heterocycles. The van der Waals surface area contributed by atoms with Gasteiger partial charge in [-0.3, -0.25) is 0 Å². The van der Waals surface area contributed by atoms with E-state index in [0.29, 0.717) is 0 Å². The van der Waals surface area contributed by atoms with Crippen LogP contribution in [0.5, 0.6) is 5.75 Å². The molecule has 1 aliphatic rings. The molecule has 0 saturated carbocycles. The zero-order chi connectivity index (χ0) is 15.0. The highest BCUT2D eigenvalue weighted by atomic mass is 16.7. The van der Waals surface area contributed by atoms with Crippen LogP contribution in [0.4, 0.5) is 0 Å². The maximum Gasteiger partial charge on any atom is 0.465 e. The van der Waals surface area contributed by atoms with E-state index in [1.165, 1.54) is 5.56 Å². The molecule has 1 aromatic carbocycles. The Morgan fingerprint density at radius 2 is 1.55 bits per heavy atom. The van der Waals surface area contributed by atoms with E-state index >= 15 is 0 Å². The Balaban J connectivity index is 2.21. The Bertz CT molecular complexity index is 437. The van der Waals surface area contributed by atoms with E-state index in [4.69, 9.17) is 14.0 Å². The maximum absolute atomic E-state index is 6.17. The Morgan fingerprint density at radius 1 is 1.05 bits per heavy atom. The highest BCUT2D eigenvalue weighted by Gasteiger charge is 2.53. The van der Waals surface area contributed by atoms with Crippen LogP contribution >= 0.6 is 0 Å². The van der Waals surface area contributed by atoms with Gasteiger partial charge in [0.05, 0.1) is 18.3 Å². The highest BCUT2D eigenvalue weighted by Crippen LogP contribution is 2.41. The molecule has 4 heteroatoms. The van der Waals surface area contributed by atoms with Crippen molar-refractivity contribution in [1.29, 1.82) is 0 Å². The van der Waals surface area contributed by atoms with Crippen molar-refractivity contribution in [2.75, 3.05) is 7.11 Å². The summed E-state index contributed by atoms with van der Waals surface area (Å²) in [6, 6.07) is 8.17. The number of hydrogen-bond donors (Lipinski definition) is 0. The van der Waals surface area contributed by atoms with Crippen molar-refractivity contribution in [3.8, 4) is 5.75 Å². The van der Waals surface area contributed by atoms with Crippen molar-refractivity contribution >= 4 is 7.12 Å². The molecule has 0 spiro atoms. The third-order valence-corrected chi connectivity index (χ3v) is 4.58. The molecule has 0 N–H and O–H groups in total. The lowest BCUT2D eigenvalue weighted by Crippen LogP contribution is -2.41. The van der Waals surface area contributed by atoms with Crippen molar-refractivity contribution in [3.63, 3.8) is 0 Å². The van der Waals surface area contributed by atoms with Crippen molar-refractivity contribution < 1.29 is 14.0 Å². The van der Waals surface area contributed by atoms with Gasteiger partial charge in [0, 0.05) is 5.82 Å². The Morgan fingerprint density at radius 3 is 1.95 bits per heavy atom. The van der Waals surface area contributed by atoms with Crippen LogP contribution in [0.1, 0.15) is 52.4 Å². The largest absolute Gasteiger partial charge is 0.497 e. The van der Waals surface area contributed by atoms with Crippen LogP contribution in [0.25, 0.3) is 0 Å². The van der Waals surface area contributed by atoms with Crippen molar-refractivity contribution in [2.24, 2.45) is 0 Å². The summed E-state index contributed by atoms with van der Waals surface area (Å²) in [6.45, 7) is 10.5. The minimum atomic E-state index is -0.280. The second-order valence-corrected chi connectivity index (χ2v) is 6.41. The first kappa shape index (κ1) is 15.4. The number of methoxy groups -OCH3 is 1. The number of hydrogen-bond acceptors (Lipinski definition) is 3. The normalized spacial score (nSPS) is 21.8. The molecule has 20 heavy (non-hydrogen) atoms. The highest BCUT2D eigenvalue weighted by molar-refractivity contribution is 6.47. The lowest BCUT2D eigenvalue weighted by atomic mass is 9.66. The van der Waals surface area contributed by atoms with E-state index in [2.05, 4.69) is 46.8 Å². The molecule has 1 aromatic rings. The minimum absolute atomic E-state index is 0.196. The monoisotopic (exact) mass is 276 g/mol. The lowest BCUT2D eigenvalue weighted by Gasteiger charge is -2.32. The van der Waals surface area contributed by atoms with E-state index < -0.39 is 0 Å². The minimum Gasteiger partial charge on any atom is -0.497 e. The molecule has 3 nitrogen and oxygen atoms in total. The van der Waals surface area contributed by atoms with Crippen LogP contribution in [-0.2, 0) is 9.31 Å². The lowest BCUT2D eigenvalue weighted by molar-refractivity contribution is 0.00578. The van der Waals surface area contributed by atoms with Gasteiger partial charge in [-0.15, -0.1) is 0 Å². The van der Waals surface area contributed by atoms with Crippen LogP contribution < -0.4 is 4.74 Å². The van der Waals surface area contributed by atoms with Gasteiger partial charge in [-0.1, -0.05) is 25.5 Å². The zero-order valence-corrected chi connectivity index (χ0v) is 13.4. The topological polar surface area (TPSA) is 27.7 Å². The molecule has 0 amide bonds. The van der Waals surface area contributed by atoms with Gasteiger partial charge in [-0.2, -0.15) is 0 Å². The fraction of sp³-hybridized carbons (Fsp3) is 0.625. The summed E-state index contributed by atoms with van der Waals surface area (Å²) < 4.78 is 17.6. The SMILES string of the molecule is CC[C@@H](B1OC(C)(C)C(C)(C)O1)c1ccc(OC)cc1. The van der Waals surface area contributed by atoms with Gasteiger partial charge < -0.3 is 14.0 Å². The standard InChI is InChI=1S/C16H25BO3/c1-7-14(12-8-10-13(18-6)11-9-12)17-19-15(2,3)16(4,5)20-17/h8-11,14H,7H2,1-6H3/t14-/m1/s1. The first-order valence-electron chi connectivity index (χ1n) is 7.30. The summed E-state index contributed by atoms with van der Waals surface area (Å²) in [5.74, 6) is 1.11. The van der Waals surface area contributed by atoms with Crippen molar-refractivity contribution in [1.82, 2.24) is 0 Å². The molecule has 0 bridgehead atoms. The Kier molecular flexibility index (Phi) is 4.17. The van der Waals surface area contributed by atoms with Gasteiger partial charge in [-0.25, -0.2) is 0 Å². The van der Waals surface area contributed by atoms with Crippen LogP contribution in [0.3, 0.4) is 0 Å². The third kappa shape index (κ3) is 2.72. The third-order valence-electron chi connectivity index (χ3n) is 4.58. The molecule has 0 aromatic heterocycles. The molecule has 110 valence electrons. The maximum atomic E-state index is 6.17. The van der Waals surface area contributed by atoms with Gasteiger partial charge in [-0.05, 0) is 45.4 Å². The summed E-state index contributed by atoms with van der Waals surface area (Å²) in [5.41, 5.74) is 0.668. The number of benzene rings is 1. The smallest absolute Gasteiger partial charge is 0.465 e. The van der Waals surface area contributed by atoms with Crippen LogP contribution in [0.2, 0.25) is 0 Å². The fourth-order valence-electron chi connectivity index (χ4n) is 2.49. The molecule has 1 fully saturated rings. The molecule has 0 unspecified atom stereocenters. The fourth-order valence-corrected chi connectivity index (χ4v) is 2.49. The van der Waals surface area contributed by atoms with E-state index in [1.807, 2.05) is 12.1 Å². The van der Waals surface area contributed by atoms with E-state index in [1.54, 1.807) is 7.11 Å². The number of rotatable bonds is 4. The summed E-state index contributed by atoms with van der Waals surface area (Å²) in [5, 5.41) is 0.